The molecule has 3 aromatic rings. The topological polar surface area (TPSA) is 68.1 Å². The third-order valence-electron chi connectivity index (χ3n) is 4.34. The van der Waals surface area contributed by atoms with E-state index in [9.17, 15) is 10.1 Å². The number of nitro benzene ring substituents is 1. The molecule has 23 heavy (non-hydrogen) atoms. The summed E-state index contributed by atoms with van der Waals surface area (Å²) in [6, 6.07) is 17.2. The van der Waals surface area contributed by atoms with Crippen molar-refractivity contribution in [3.63, 3.8) is 0 Å². The Labute approximate surface area is 133 Å². The van der Waals surface area contributed by atoms with Gasteiger partial charge in [-0.2, -0.15) is 0 Å². The van der Waals surface area contributed by atoms with Crippen LogP contribution in [0, 0.1) is 10.1 Å². The highest BCUT2D eigenvalue weighted by molar-refractivity contribution is 5.82. The Bertz CT molecular complexity index is 908. The highest BCUT2D eigenvalue weighted by Gasteiger charge is 2.21. The lowest BCUT2D eigenvalue weighted by Gasteiger charge is -2.15. The largest absolute Gasteiger partial charge is 0.363 e. The molecule has 1 aliphatic rings. The van der Waals surface area contributed by atoms with Gasteiger partial charge in [-0.1, -0.05) is 24.3 Å². The number of hydrogen-bond acceptors (Lipinski definition) is 4. The number of nitrogens with zero attached hydrogens (tertiary/aromatic N) is 2. The molecule has 5 heteroatoms. The normalized spacial score (nSPS) is 16.3. The Kier molecular flexibility index (Phi) is 3.19. The van der Waals surface area contributed by atoms with Gasteiger partial charge in [0, 0.05) is 17.5 Å². The number of benzene rings is 2. The standard InChI is InChI=1S/C18H15N3O2/c22-21(23)14-7-9-16-13(11-14)6-10-18(19-16)20-17-8-5-12-3-1-2-4-15(12)17/h1-4,6-7,9-11,17H,5,8H2,(H,19,20). The van der Waals surface area contributed by atoms with Crippen molar-refractivity contribution in [3.05, 3.63) is 75.8 Å². The van der Waals surface area contributed by atoms with E-state index in [0.29, 0.717) is 0 Å². The Balaban J connectivity index is 1.63. The van der Waals surface area contributed by atoms with E-state index >= 15 is 0 Å². The van der Waals surface area contributed by atoms with Gasteiger partial charge >= 0.3 is 0 Å². The zero-order valence-electron chi connectivity index (χ0n) is 12.4. The van der Waals surface area contributed by atoms with Crippen LogP contribution in [-0.4, -0.2) is 9.91 Å². The van der Waals surface area contributed by atoms with Gasteiger partial charge in [0.25, 0.3) is 5.69 Å². The lowest BCUT2D eigenvalue weighted by atomic mass is 10.1. The molecule has 1 atom stereocenters. The van der Waals surface area contributed by atoms with Gasteiger partial charge in [0.15, 0.2) is 0 Å². The maximum atomic E-state index is 10.8. The van der Waals surface area contributed by atoms with E-state index in [-0.39, 0.29) is 16.7 Å². The molecular weight excluding hydrogens is 290 g/mol. The molecular formula is C18H15N3O2. The lowest BCUT2D eigenvalue weighted by molar-refractivity contribution is -0.384. The first kappa shape index (κ1) is 13.7. The molecule has 0 saturated heterocycles. The van der Waals surface area contributed by atoms with E-state index in [2.05, 4.69) is 34.6 Å². The minimum Gasteiger partial charge on any atom is -0.363 e. The molecule has 1 heterocycles. The van der Waals surface area contributed by atoms with Gasteiger partial charge in [-0.3, -0.25) is 10.1 Å². The number of anilines is 1. The average molecular weight is 305 g/mol. The summed E-state index contributed by atoms with van der Waals surface area (Å²) in [7, 11) is 0. The highest BCUT2D eigenvalue weighted by Crippen LogP contribution is 2.33. The van der Waals surface area contributed by atoms with E-state index in [4.69, 9.17) is 0 Å². The SMILES string of the molecule is O=[N+]([O-])c1ccc2nc(NC3CCc4ccccc43)ccc2c1. The van der Waals surface area contributed by atoms with Crippen LogP contribution in [-0.2, 0) is 6.42 Å². The van der Waals surface area contributed by atoms with E-state index < -0.39 is 0 Å². The maximum absolute atomic E-state index is 10.8. The Morgan fingerprint density at radius 3 is 2.87 bits per heavy atom. The van der Waals surface area contributed by atoms with Crippen LogP contribution in [0.2, 0.25) is 0 Å². The van der Waals surface area contributed by atoms with Crippen LogP contribution in [0.5, 0.6) is 0 Å². The van der Waals surface area contributed by atoms with Crippen molar-refractivity contribution in [1.29, 1.82) is 0 Å². The highest BCUT2D eigenvalue weighted by atomic mass is 16.6. The number of nitrogens with one attached hydrogen (secondary N) is 1. The second kappa shape index (κ2) is 5.35. The molecule has 5 nitrogen and oxygen atoms in total. The summed E-state index contributed by atoms with van der Waals surface area (Å²) < 4.78 is 0. The summed E-state index contributed by atoms with van der Waals surface area (Å²) in [5.41, 5.74) is 3.57. The number of fused-ring (bicyclic) bond motifs is 2. The van der Waals surface area contributed by atoms with Gasteiger partial charge < -0.3 is 5.32 Å². The Morgan fingerprint density at radius 2 is 2.00 bits per heavy atom. The van der Waals surface area contributed by atoms with Crippen LogP contribution in [0.3, 0.4) is 0 Å². The molecule has 1 aliphatic carbocycles. The molecule has 2 aromatic carbocycles. The molecule has 0 radical (unpaired) electrons. The van der Waals surface area contributed by atoms with Gasteiger partial charge in [-0.15, -0.1) is 0 Å². The minimum atomic E-state index is -0.388. The molecule has 0 amide bonds. The first-order valence-electron chi connectivity index (χ1n) is 7.60. The van der Waals surface area contributed by atoms with Gasteiger partial charge in [0.1, 0.15) is 5.82 Å². The summed E-state index contributed by atoms with van der Waals surface area (Å²) in [5, 5.41) is 15.1. The predicted molar refractivity (Wildman–Crippen MR) is 89.5 cm³/mol. The summed E-state index contributed by atoms with van der Waals surface area (Å²) in [5.74, 6) is 0.799. The molecule has 0 fully saturated rings. The quantitative estimate of drug-likeness (QED) is 0.580. The summed E-state index contributed by atoms with van der Waals surface area (Å²) in [6.45, 7) is 0. The number of pyridine rings is 1. The Morgan fingerprint density at radius 1 is 1.13 bits per heavy atom. The molecule has 0 bridgehead atoms. The van der Waals surface area contributed by atoms with Crippen LogP contribution in [0.4, 0.5) is 11.5 Å². The van der Waals surface area contributed by atoms with E-state index in [1.54, 1.807) is 12.1 Å². The number of rotatable bonds is 3. The second-order valence-electron chi connectivity index (χ2n) is 5.77. The monoisotopic (exact) mass is 305 g/mol. The van der Waals surface area contributed by atoms with Crippen molar-refractivity contribution in [2.45, 2.75) is 18.9 Å². The van der Waals surface area contributed by atoms with Gasteiger partial charge in [-0.25, -0.2) is 4.98 Å². The van der Waals surface area contributed by atoms with Crippen LogP contribution in [0.25, 0.3) is 10.9 Å². The summed E-state index contributed by atoms with van der Waals surface area (Å²) in [6.07, 6.45) is 2.13. The predicted octanol–water partition coefficient (Wildman–Crippen LogP) is 4.24. The van der Waals surface area contributed by atoms with Crippen molar-refractivity contribution in [3.8, 4) is 0 Å². The molecule has 0 aliphatic heterocycles. The maximum Gasteiger partial charge on any atom is 0.270 e. The average Bonchev–Trinajstić information content (AvgIpc) is 2.97. The number of aryl methyl sites for hydroxylation is 1. The fourth-order valence-corrected chi connectivity index (χ4v) is 3.19. The van der Waals surface area contributed by atoms with Gasteiger partial charge in [0.05, 0.1) is 16.5 Å². The number of non-ortho nitro benzene ring substituents is 1. The lowest BCUT2D eigenvalue weighted by Crippen LogP contribution is -2.08. The third-order valence-corrected chi connectivity index (χ3v) is 4.34. The second-order valence-corrected chi connectivity index (χ2v) is 5.77. The van der Waals surface area contributed by atoms with Crippen molar-refractivity contribution in [1.82, 2.24) is 4.98 Å². The minimum absolute atomic E-state index is 0.0877. The molecule has 0 spiro atoms. The van der Waals surface area contributed by atoms with Crippen molar-refractivity contribution < 1.29 is 4.92 Å². The first-order valence-corrected chi connectivity index (χ1v) is 7.60. The number of nitro groups is 1. The summed E-state index contributed by atoms with van der Waals surface area (Å²) in [4.78, 5) is 15.0. The van der Waals surface area contributed by atoms with Crippen LogP contribution < -0.4 is 5.32 Å². The zero-order valence-corrected chi connectivity index (χ0v) is 12.4. The smallest absolute Gasteiger partial charge is 0.270 e. The van der Waals surface area contributed by atoms with E-state index in [1.807, 2.05) is 12.1 Å². The molecule has 1 N–H and O–H groups in total. The van der Waals surface area contributed by atoms with E-state index in [1.165, 1.54) is 17.2 Å². The van der Waals surface area contributed by atoms with Crippen molar-refractivity contribution in [2.75, 3.05) is 5.32 Å². The fraction of sp³-hybridized carbons (Fsp3) is 0.167. The van der Waals surface area contributed by atoms with Crippen LogP contribution in [0.15, 0.2) is 54.6 Å². The van der Waals surface area contributed by atoms with Crippen LogP contribution >= 0.6 is 0 Å². The Hall–Kier alpha value is -2.95. The third kappa shape index (κ3) is 2.50. The number of hydrogen-bond donors (Lipinski definition) is 1. The fourth-order valence-electron chi connectivity index (χ4n) is 3.19. The molecule has 1 aromatic heterocycles. The first-order chi connectivity index (χ1) is 11.2. The molecule has 0 saturated carbocycles. The van der Waals surface area contributed by atoms with Crippen LogP contribution in [0.1, 0.15) is 23.6 Å². The summed E-state index contributed by atoms with van der Waals surface area (Å²) >= 11 is 0. The molecule has 4 rings (SSSR count). The van der Waals surface area contributed by atoms with Crippen molar-refractivity contribution in [2.24, 2.45) is 0 Å². The van der Waals surface area contributed by atoms with Gasteiger partial charge in [-0.05, 0) is 42.2 Å². The zero-order chi connectivity index (χ0) is 15.8. The number of aromatic nitrogens is 1. The van der Waals surface area contributed by atoms with Crippen molar-refractivity contribution >= 4 is 22.4 Å². The van der Waals surface area contributed by atoms with Gasteiger partial charge in [0.2, 0.25) is 0 Å². The van der Waals surface area contributed by atoms with E-state index in [0.717, 1.165) is 29.6 Å². The molecule has 114 valence electrons. The molecule has 1 unspecified atom stereocenters.